The Morgan fingerprint density at radius 1 is 1.22 bits per heavy atom. The van der Waals surface area contributed by atoms with Crippen molar-refractivity contribution in [1.82, 2.24) is 4.98 Å². The van der Waals surface area contributed by atoms with Crippen molar-refractivity contribution in [2.45, 2.75) is 51.6 Å². The Balaban J connectivity index is 2.30. The van der Waals surface area contributed by atoms with Gasteiger partial charge in [-0.1, -0.05) is 13.8 Å². The Morgan fingerprint density at radius 3 is 2.72 bits per heavy atom. The van der Waals surface area contributed by atoms with E-state index in [4.69, 9.17) is 4.74 Å². The van der Waals surface area contributed by atoms with Gasteiger partial charge in [0.15, 0.2) is 0 Å². The molecule has 1 aromatic rings. The van der Waals surface area contributed by atoms with Crippen LogP contribution in [0, 0.1) is 5.41 Å². The largest absolute Gasteiger partial charge is 0.495 e. The number of aromatic nitrogens is 1. The van der Waals surface area contributed by atoms with Crippen molar-refractivity contribution in [2.24, 2.45) is 5.41 Å². The van der Waals surface area contributed by atoms with E-state index in [1.54, 1.807) is 13.3 Å². The predicted molar refractivity (Wildman–Crippen MR) is 71.6 cm³/mol. The standard InChI is InChI=1S/C15H23NO2/c1-14(2)7-5-8-15(17,10-9-14)13-12(18-3)6-4-11-16-13/h4,6,11,17H,5,7-10H2,1-3H3. The lowest BCUT2D eigenvalue weighted by molar-refractivity contribution is 0.0115. The minimum absolute atomic E-state index is 0.312. The zero-order valence-corrected chi connectivity index (χ0v) is 11.6. The Bertz CT molecular complexity index is 417. The highest BCUT2D eigenvalue weighted by atomic mass is 16.5. The van der Waals surface area contributed by atoms with Crippen molar-refractivity contribution < 1.29 is 9.84 Å². The van der Waals surface area contributed by atoms with Crippen LogP contribution in [0.15, 0.2) is 18.3 Å². The van der Waals surface area contributed by atoms with Gasteiger partial charge in [0.1, 0.15) is 17.0 Å². The van der Waals surface area contributed by atoms with Crippen molar-refractivity contribution in [3.63, 3.8) is 0 Å². The molecule has 0 aromatic carbocycles. The van der Waals surface area contributed by atoms with Crippen LogP contribution in [0.2, 0.25) is 0 Å². The van der Waals surface area contributed by atoms with Gasteiger partial charge < -0.3 is 9.84 Å². The summed E-state index contributed by atoms with van der Waals surface area (Å²) in [5.41, 5.74) is 0.178. The number of hydrogen-bond acceptors (Lipinski definition) is 3. The number of aliphatic hydroxyl groups is 1. The molecule has 18 heavy (non-hydrogen) atoms. The van der Waals surface area contributed by atoms with Crippen LogP contribution < -0.4 is 4.74 Å². The molecule has 1 saturated carbocycles. The third-order valence-electron chi connectivity index (χ3n) is 4.09. The van der Waals surface area contributed by atoms with Crippen LogP contribution in [-0.2, 0) is 5.60 Å². The molecule has 1 aromatic heterocycles. The van der Waals surface area contributed by atoms with Crippen molar-refractivity contribution in [1.29, 1.82) is 0 Å². The molecule has 2 rings (SSSR count). The molecule has 1 aliphatic rings. The summed E-state index contributed by atoms with van der Waals surface area (Å²) < 4.78 is 5.33. The van der Waals surface area contributed by atoms with Crippen LogP contribution in [0.25, 0.3) is 0 Å². The average Bonchev–Trinajstić information content (AvgIpc) is 2.49. The van der Waals surface area contributed by atoms with Gasteiger partial charge in [-0.15, -0.1) is 0 Å². The van der Waals surface area contributed by atoms with Crippen molar-refractivity contribution in [3.05, 3.63) is 24.0 Å². The van der Waals surface area contributed by atoms with Crippen molar-refractivity contribution in [3.8, 4) is 5.75 Å². The van der Waals surface area contributed by atoms with E-state index < -0.39 is 5.60 Å². The van der Waals surface area contributed by atoms with Gasteiger partial charge in [0, 0.05) is 6.20 Å². The van der Waals surface area contributed by atoms with E-state index in [1.807, 2.05) is 12.1 Å². The molecular weight excluding hydrogens is 226 g/mol. The number of pyridine rings is 1. The summed E-state index contributed by atoms with van der Waals surface area (Å²) in [4.78, 5) is 4.36. The molecule has 1 unspecified atom stereocenters. The first-order valence-corrected chi connectivity index (χ1v) is 6.69. The molecular formula is C15H23NO2. The Labute approximate surface area is 109 Å². The van der Waals surface area contributed by atoms with Crippen molar-refractivity contribution >= 4 is 0 Å². The molecule has 1 fully saturated rings. The molecule has 0 amide bonds. The maximum atomic E-state index is 10.9. The normalized spacial score (nSPS) is 27.6. The van der Waals surface area contributed by atoms with E-state index in [9.17, 15) is 5.11 Å². The second-order valence-corrected chi connectivity index (χ2v) is 6.10. The predicted octanol–water partition coefficient (Wildman–Crippen LogP) is 3.27. The molecule has 0 saturated heterocycles. The minimum Gasteiger partial charge on any atom is -0.495 e. The molecule has 3 heteroatoms. The van der Waals surface area contributed by atoms with Crippen molar-refractivity contribution in [2.75, 3.05) is 7.11 Å². The zero-order valence-electron chi connectivity index (χ0n) is 11.6. The van der Waals surface area contributed by atoms with E-state index in [2.05, 4.69) is 18.8 Å². The smallest absolute Gasteiger partial charge is 0.143 e. The van der Waals surface area contributed by atoms with Crippen LogP contribution in [0.5, 0.6) is 5.75 Å². The first-order chi connectivity index (χ1) is 8.47. The molecule has 1 N–H and O–H groups in total. The third-order valence-corrected chi connectivity index (χ3v) is 4.09. The topological polar surface area (TPSA) is 42.4 Å². The fourth-order valence-electron chi connectivity index (χ4n) is 2.80. The maximum Gasteiger partial charge on any atom is 0.143 e. The molecule has 0 aliphatic heterocycles. The third kappa shape index (κ3) is 2.66. The van der Waals surface area contributed by atoms with Gasteiger partial charge in [0.25, 0.3) is 0 Å². The van der Waals surface area contributed by atoms with E-state index in [0.717, 1.165) is 32.1 Å². The molecule has 1 heterocycles. The Morgan fingerprint density at radius 2 is 2.00 bits per heavy atom. The van der Waals surface area contributed by atoms with Gasteiger partial charge in [0.05, 0.1) is 7.11 Å². The van der Waals surface area contributed by atoms with E-state index in [-0.39, 0.29) is 0 Å². The summed E-state index contributed by atoms with van der Waals surface area (Å²) in [6, 6.07) is 3.71. The fraction of sp³-hybridized carbons (Fsp3) is 0.667. The van der Waals surface area contributed by atoms with Crippen LogP contribution in [0.4, 0.5) is 0 Å². The van der Waals surface area contributed by atoms with Crippen LogP contribution in [-0.4, -0.2) is 17.2 Å². The lowest BCUT2D eigenvalue weighted by Gasteiger charge is -2.28. The number of ether oxygens (including phenoxy) is 1. The van der Waals surface area contributed by atoms with E-state index in [1.165, 1.54) is 0 Å². The van der Waals surface area contributed by atoms with Gasteiger partial charge in [-0.25, -0.2) is 0 Å². The van der Waals surface area contributed by atoms with Crippen LogP contribution >= 0.6 is 0 Å². The number of nitrogens with zero attached hydrogens (tertiary/aromatic N) is 1. The average molecular weight is 249 g/mol. The molecule has 0 bridgehead atoms. The van der Waals surface area contributed by atoms with Crippen LogP contribution in [0.1, 0.15) is 51.6 Å². The monoisotopic (exact) mass is 249 g/mol. The second-order valence-electron chi connectivity index (χ2n) is 6.10. The highest BCUT2D eigenvalue weighted by Crippen LogP contribution is 2.44. The SMILES string of the molecule is COc1cccnc1C1(O)CCCC(C)(C)CC1. The molecule has 1 aliphatic carbocycles. The summed E-state index contributed by atoms with van der Waals surface area (Å²) in [6.07, 6.45) is 6.46. The molecule has 0 spiro atoms. The van der Waals surface area contributed by atoms with Gasteiger partial charge in [-0.05, 0) is 49.7 Å². The lowest BCUT2D eigenvalue weighted by atomic mass is 9.83. The quantitative estimate of drug-likeness (QED) is 0.818. The summed E-state index contributed by atoms with van der Waals surface area (Å²) in [5, 5.41) is 10.9. The van der Waals surface area contributed by atoms with Gasteiger partial charge >= 0.3 is 0 Å². The highest BCUT2D eigenvalue weighted by Gasteiger charge is 2.38. The van der Waals surface area contributed by atoms with Gasteiger partial charge in [0.2, 0.25) is 0 Å². The lowest BCUT2D eigenvalue weighted by Crippen LogP contribution is -2.27. The number of rotatable bonds is 2. The first-order valence-electron chi connectivity index (χ1n) is 6.69. The molecule has 0 radical (unpaired) electrons. The molecule has 3 nitrogen and oxygen atoms in total. The molecule has 100 valence electrons. The Kier molecular flexibility index (Phi) is 3.62. The van der Waals surface area contributed by atoms with E-state index >= 15 is 0 Å². The summed E-state index contributed by atoms with van der Waals surface area (Å²) >= 11 is 0. The highest BCUT2D eigenvalue weighted by molar-refractivity contribution is 5.32. The first kappa shape index (κ1) is 13.3. The van der Waals surface area contributed by atoms with Crippen LogP contribution in [0.3, 0.4) is 0 Å². The maximum absolute atomic E-state index is 10.9. The Hall–Kier alpha value is -1.09. The van der Waals surface area contributed by atoms with Gasteiger partial charge in [-0.2, -0.15) is 0 Å². The van der Waals surface area contributed by atoms with E-state index in [0.29, 0.717) is 16.9 Å². The minimum atomic E-state index is -0.833. The van der Waals surface area contributed by atoms with Gasteiger partial charge in [-0.3, -0.25) is 4.98 Å². The molecule has 1 atom stereocenters. The zero-order chi connectivity index (χ0) is 13.2. The summed E-state index contributed by atoms with van der Waals surface area (Å²) in [5.74, 6) is 0.694. The summed E-state index contributed by atoms with van der Waals surface area (Å²) in [6.45, 7) is 4.54. The number of methoxy groups -OCH3 is 1. The summed E-state index contributed by atoms with van der Waals surface area (Å²) in [7, 11) is 1.63. The second kappa shape index (κ2) is 4.88. The fourth-order valence-corrected chi connectivity index (χ4v) is 2.80. The number of hydrogen-bond donors (Lipinski definition) is 1.